The normalized spacial score (nSPS) is 20.1. The zero-order valence-corrected chi connectivity index (χ0v) is 27.6. The van der Waals surface area contributed by atoms with Crippen molar-refractivity contribution in [2.24, 2.45) is 11.8 Å². The number of esters is 1. The number of nitrogens with one attached hydrogen (secondary N) is 1. The van der Waals surface area contributed by atoms with Crippen molar-refractivity contribution in [3.8, 4) is 0 Å². The third-order valence-electron chi connectivity index (χ3n) is 8.74. The first-order chi connectivity index (χ1) is 19.8. The molecule has 1 aliphatic rings. The maximum absolute atomic E-state index is 14.5. The van der Waals surface area contributed by atoms with Crippen molar-refractivity contribution in [2.75, 3.05) is 20.1 Å². The number of thiazole rings is 1. The highest BCUT2D eigenvalue weighted by Gasteiger charge is 2.44. The van der Waals surface area contributed by atoms with Crippen molar-refractivity contribution in [2.45, 2.75) is 124 Å². The van der Waals surface area contributed by atoms with Gasteiger partial charge < -0.3 is 20.1 Å². The lowest BCUT2D eigenvalue weighted by Gasteiger charge is -2.40. The van der Waals surface area contributed by atoms with Gasteiger partial charge in [-0.1, -0.05) is 60.3 Å². The monoisotopic (exact) mass is 608 g/mol. The number of carbonyl (C=O) groups excluding carboxylic acids is 3. The van der Waals surface area contributed by atoms with E-state index in [1.807, 2.05) is 46.6 Å². The number of unbranched alkanes of at least 4 members (excludes halogenated alkanes) is 3. The van der Waals surface area contributed by atoms with Crippen molar-refractivity contribution in [1.29, 1.82) is 0 Å². The number of aromatic nitrogens is 1. The molecule has 0 radical (unpaired) electrons. The molecule has 1 aliphatic heterocycles. The number of carboxylic acid groups (broad SMARTS) is 1. The van der Waals surface area contributed by atoms with Gasteiger partial charge in [0, 0.05) is 31.3 Å². The molecule has 0 bridgehead atoms. The number of carboxylic acids is 1. The summed E-state index contributed by atoms with van der Waals surface area (Å²) >= 11 is 1.13. The summed E-state index contributed by atoms with van der Waals surface area (Å²) in [6, 6.07) is -1.04. The Labute approximate surface area is 255 Å². The standard InChI is InChI=1S/C31H52N4O6S/c1-9-11-12-13-17-35(28(37)26(21(5)10-2)33-30(40)31(7)15-14-16-34(31)8)24(20(3)4)18-25(41-22(6)36)27-32-23(19-42-27)29(38)39/h19-21,24-26H,9-18H2,1-8H3,(H,33,40)(H,38,39)/t21-,24+,25+,26-,31+/m0/s1. The van der Waals surface area contributed by atoms with Crippen molar-refractivity contribution in [3.63, 3.8) is 0 Å². The van der Waals surface area contributed by atoms with Crippen LogP contribution >= 0.6 is 11.3 Å². The second kappa shape index (κ2) is 16.4. The molecular weight excluding hydrogens is 556 g/mol. The lowest BCUT2D eigenvalue weighted by molar-refractivity contribution is -0.150. The van der Waals surface area contributed by atoms with Crippen LogP contribution < -0.4 is 5.32 Å². The summed E-state index contributed by atoms with van der Waals surface area (Å²) in [5.74, 6) is -2.03. The summed E-state index contributed by atoms with van der Waals surface area (Å²) in [4.78, 5) is 59.9. The minimum absolute atomic E-state index is 0.0103. The van der Waals surface area contributed by atoms with E-state index in [-0.39, 0.29) is 41.8 Å². The van der Waals surface area contributed by atoms with Gasteiger partial charge in [-0.15, -0.1) is 11.3 Å². The predicted octanol–water partition coefficient (Wildman–Crippen LogP) is 5.28. The van der Waals surface area contributed by atoms with E-state index < -0.39 is 29.6 Å². The zero-order chi connectivity index (χ0) is 31.6. The van der Waals surface area contributed by atoms with E-state index in [1.54, 1.807) is 0 Å². The summed E-state index contributed by atoms with van der Waals surface area (Å²) < 4.78 is 5.67. The molecule has 1 aromatic heterocycles. The van der Waals surface area contributed by atoms with Crippen LogP contribution in [0.1, 0.15) is 121 Å². The minimum atomic E-state index is -1.15. The highest BCUT2D eigenvalue weighted by atomic mass is 32.1. The maximum Gasteiger partial charge on any atom is 0.355 e. The average molecular weight is 609 g/mol. The van der Waals surface area contributed by atoms with Gasteiger partial charge in [-0.3, -0.25) is 19.3 Å². The van der Waals surface area contributed by atoms with Gasteiger partial charge in [0.05, 0.1) is 5.54 Å². The van der Waals surface area contributed by atoms with Gasteiger partial charge in [-0.25, -0.2) is 9.78 Å². The van der Waals surface area contributed by atoms with Crippen LogP contribution in [0.2, 0.25) is 0 Å². The first-order valence-electron chi connectivity index (χ1n) is 15.4. The lowest BCUT2D eigenvalue weighted by Crippen LogP contribution is -2.60. The number of ether oxygens (including phenoxy) is 1. The Bertz CT molecular complexity index is 1060. The van der Waals surface area contributed by atoms with Crippen LogP contribution in [0.4, 0.5) is 0 Å². The van der Waals surface area contributed by atoms with Crippen LogP contribution in [0.25, 0.3) is 0 Å². The average Bonchev–Trinajstić information content (AvgIpc) is 3.56. The number of likely N-dealkylation sites (tertiary alicyclic amines) is 1. The number of nitrogens with zero attached hydrogens (tertiary/aromatic N) is 3. The van der Waals surface area contributed by atoms with Crippen LogP contribution in [-0.2, 0) is 19.1 Å². The number of hydrogen-bond acceptors (Lipinski definition) is 8. The Morgan fingerprint density at radius 2 is 1.88 bits per heavy atom. The molecule has 238 valence electrons. The fraction of sp³-hybridized carbons (Fsp3) is 0.774. The van der Waals surface area contributed by atoms with Crippen LogP contribution in [0.5, 0.6) is 0 Å². The van der Waals surface area contributed by atoms with E-state index in [4.69, 9.17) is 4.74 Å². The summed E-state index contributed by atoms with van der Waals surface area (Å²) in [6.07, 6.45) is 5.74. The van der Waals surface area contributed by atoms with Crippen LogP contribution in [0.3, 0.4) is 0 Å². The number of rotatable bonds is 17. The van der Waals surface area contributed by atoms with Gasteiger partial charge >= 0.3 is 11.9 Å². The highest BCUT2D eigenvalue weighted by molar-refractivity contribution is 7.09. The van der Waals surface area contributed by atoms with Gasteiger partial charge in [0.15, 0.2) is 11.8 Å². The first-order valence-corrected chi connectivity index (χ1v) is 16.3. The minimum Gasteiger partial charge on any atom is -0.476 e. The quantitative estimate of drug-likeness (QED) is 0.180. The highest BCUT2D eigenvalue weighted by Crippen LogP contribution is 2.32. The summed E-state index contributed by atoms with van der Waals surface area (Å²) in [6.45, 7) is 14.8. The molecule has 1 aromatic rings. The Kier molecular flexibility index (Phi) is 13.9. The Balaban J connectivity index is 2.46. The van der Waals surface area contributed by atoms with Crippen LogP contribution in [-0.4, -0.2) is 81.4 Å². The lowest BCUT2D eigenvalue weighted by atomic mass is 9.91. The molecule has 0 unspecified atom stereocenters. The smallest absolute Gasteiger partial charge is 0.355 e. The molecule has 2 N–H and O–H groups in total. The number of likely N-dealkylation sites (N-methyl/N-ethyl adjacent to an activating group) is 1. The predicted molar refractivity (Wildman–Crippen MR) is 164 cm³/mol. The number of hydrogen-bond donors (Lipinski definition) is 2. The van der Waals surface area contributed by atoms with E-state index in [1.165, 1.54) is 12.3 Å². The molecule has 5 atom stereocenters. The maximum atomic E-state index is 14.5. The van der Waals surface area contributed by atoms with E-state index in [0.29, 0.717) is 18.0 Å². The molecule has 10 nitrogen and oxygen atoms in total. The van der Waals surface area contributed by atoms with E-state index in [2.05, 4.69) is 22.1 Å². The Hall–Kier alpha value is -2.53. The van der Waals surface area contributed by atoms with Gasteiger partial charge in [-0.05, 0) is 51.6 Å². The van der Waals surface area contributed by atoms with Crippen LogP contribution in [0.15, 0.2) is 5.38 Å². The molecule has 11 heteroatoms. The van der Waals surface area contributed by atoms with Gasteiger partial charge in [0.25, 0.3) is 0 Å². The summed E-state index contributed by atoms with van der Waals surface area (Å²) in [7, 11) is 1.95. The molecule has 42 heavy (non-hydrogen) atoms. The van der Waals surface area contributed by atoms with Gasteiger partial charge in [0.1, 0.15) is 11.0 Å². The van der Waals surface area contributed by atoms with Crippen LogP contribution in [0, 0.1) is 11.8 Å². The van der Waals surface area contributed by atoms with Crippen molar-refractivity contribution < 1.29 is 29.0 Å². The summed E-state index contributed by atoms with van der Waals surface area (Å²) in [5.41, 5.74) is -0.770. The molecule has 0 aromatic carbocycles. The number of aromatic carboxylic acids is 1. The number of amides is 2. The second-order valence-corrected chi connectivity index (χ2v) is 13.1. The van der Waals surface area contributed by atoms with Crippen molar-refractivity contribution in [1.82, 2.24) is 20.1 Å². The molecule has 1 saturated heterocycles. The molecule has 0 saturated carbocycles. The largest absolute Gasteiger partial charge is 0.476 e. The molecule has 1 fully saturated rings. The van der Waals surface area contributed by atoms with Crippen molar-refractivity contribution >= 4 is 35.1 Å². The Morgan fingerprint density at radius 3 is 2.38 bits per heavy atom. The molecule has 0 aliphatic carbocycles. The van der Waals surface area contributed by atoms with Gasteiger partial charge in [0.2, 0.25) is 11.8 Å². The zero-order valence-electron chi connectivity index (χ0n) is 26.8. The first kappa shape index (κ1) is 35.7. The van der Waals surface area contributed by atoms with E-state index in [9.17, 15) is 24.3 Å². The molecule has 0 spiro atoms. The second-order valence-electron chi connectivity index (χ2n) is 12.2. The molecule has 2 amide bonds. The SMILES string of the molecule is CCCCCCN(C(=O)[C@@H](NC(=O)[C@@]1(C)CCCN1C)[C@@H](C)CC)[C@H](C[C@@H](OC(C)=O)c1nc(C(=O)O)cs1)C(C)C. The fourth-order valence-corrected chi connectivity index (χ4v) is 6.44. The molecule has 2 heterocycles. The fourth-order valence-electron chi connectivity index (χ4n) is 5.60. The third-order valence-corrected chi connectivity index (χ3v) is 9.68. The molecular formula is C31H52N4O6S. The topological polar surface area (TPSA) is 129 Å². The Morgan fingerprint density at radius 1 is 1.19 bits per heavy atom. The number of carbonyl (C=O) groups is 4. The molecule has 2 rings (SSSR count). The van der Waals surface area contributed by atoms with Crippen molar-refractivity contribution in [3.05, 3.63) is 16.1 Å². The summed E-state index contributed by atoms with van der Waals surface area (Å²) in [5, 5.41) is 14.4. The van der Waals surface area contributed by atoms with Gasteiger partial charge in [-0.2, -0.15) is 0 Å². The third kappa shape index (κ3) is 9.23. The van der Waals surface area contributed by atoms with E-state index >= 15 is 0 Å². The van der Waals surface area contributed by atoms with E-state index in [0.717, 1.165) is 56.4 Å².